The zero-order valence-corrected chi connectivity index (χ0v) is 11.9. The SMILES string of the molecule is NNC(Cc1cccc(Cl)c1F)C1CCCCCC1. The monoisotopic (exact) mass is 284 g/mol. The van der Waals surface area contributed by atoms with Gasteiger partial charge in [-0.1, -0.05) is 49.4 Å². The van der Waals surface area contributed by atoms with Crippen molar-refractivity contribution in [2.24, 2.45) is 11.8 Å². The van der Waals surface area contributed by atoms with E-state index in [1.807, 2.05) is 0 Å². The average molecular weight is 285 g/mol. The molecule has 3 N–H and O–H groups in total. The van der Waals surface area contributed by atoms with Crippen LogP contribution in [0.3, 0.4) is 0 Å². The molecule has 1 saturated carbocycles. The summed E-state index contributed by atoms with van der Waals surface area (Å²) < 4.78 is 13.9. The van der Waals surface area contributed by atoms with E-state index in [0.717, 1.165) is 0 Å². The highest BCUT2D eigenvalue weighted by Gasteiger charge is 2.23. The van der Waals surface area contributed by atoms with E-state index in [2.05, 4.69) is 5.43 Å². The second kappa shape index (κ2) is 7.22. The van der Waals surface area contributed by atoms with Crippen molar-refractivity contribution in [3.63, 3.8) is 0 Å². The van der Waals surface area contributed by atoms with Gasteiger partial charge in [-0.05, 0) is 36.8 Å². The van der Waals surface area contributed by atoms with Crippen LogP contribution in [0.1, 0.15) is 44.1 Å². The lowest BCUT2D eigenvalue weighted by atomic mass is 9.88. The fourth-order valence-electron chi connectivity index (χ4n) is 3.02. The van der Waals surface area contributed by atoms with E-state index >= 15 is 0 Å². The Morgan fingerprint density at radius 2 is 1.95 bits per heavy atom. The molecule has 19 heavy (non-hydrogen) atoms. The van der Waals surface area contributed by atoms with Crippen molar-refractivity contribution in [2.45, 2.75) is 51.0 Å². The summed E-state index contributed by atoms with van der Waals surface area (Å²) in [5, 5.41) is 0.189. The molecular weight excluding hydrogens is 263 g/mol. The molecule has 0 radical (unpaired) electrons. The number of hydrazine groups is 1. The van der Waals surface area contributed by atoms with Gasteiger partial charge < -0.3 is 0 Å². The molecule has 0 amide bonds. The molecule has 1 aliphatic rings. The van der Waals surface area contributed by atoms with Crippen LogP contribution in [-0.2, 0) is 6.42 Å². The van der Waals surface area contributed by atoms with Crippen molar-refractivity contribution in [2.75, 3.05) is 0 Å². The first-order chi connectivity index (χ1) is 9.22. The maximum Gasteiger partial charge on any atom is 0.145 e. The minimum atomic E-state index is -0.307. The third kappa shape index (κ3) is 3.91. The van der Waals surface area contributed by atoms with Gasteiger partial charge in [-0.3, -0.25) is 11.3 Å². The smallest absolute Gasteiger partial charge is 0.145 e. The molecule has 106 valence electrons. The van der Waals surface area contributed by atoms with Crippen molar-refractivity contribution >= 4 is 11.6 Å². The molecule has 0 spiro atoms. The van der Waals surface area contributed by atoms with Crippen molar-refractivity contribution in [3.05, 3.63) is 34.6 Å². The highest BCUT2D eigenvalue weighted by Crippen LogP contribution is 2.28. The van der Waals surface area contributed by atoms with Crippen molar-refractivity contribution in [3.8, 4) is 0 Å². The van der Waals surface area contributed by atoms with Gasteiger partial charge in [0.25, 0.3) is 0 Å². The van der Waals surface area contributed by atoms with E-state index in [0.29, 0.717) is 17.9 Å². The zero-order chi connectivity index (χ0) is 13.7. The van der Waals surface area contributed by atoms with Gasteiger partial charge in [0.2, 0.25) is 0 Å². The van der Waals surface area contributed by atoms with E-state index < -0.39 is 0 Å². The lowest BCUT2D eigenvalue weighted by molar-refractivity contribution is 0.318. The van der Waals surface area contributed by atoms with Crippen LogP contribution in [0.15, 0.2) is 18.2 Å². The number of nitrogens with one attached hydrogen (secondary N) is 1. The lowest BCUT2D eigenvalue weighted by Crippen LogP contribution is -2.42. The lowest BCUT2D eigenvalue weighted by Gasteiger charge is -2.25. The van der Waals surface area contributed by atoms with Crippen LogP contribution in [-0.4, -0.2) is 6.04 Å². The number of halogens is 2. The summed E-state index contributed by atoms with van der Waals surface area (Å²) in [6.07, 6.45) is 8.07. The molecule has 0 bridgehead atoms. The molecule has 1 aromatic carbocycles. The van der Waals surface area contributed by atoms with Crippen LogP contribution in [0, 0.1) is 11.7 Å². The fourth-order valence-corrected chi connectivity index (χ4v) is 3.21. The summed E-state index contributed by atoms with van der Waals surface area (Å²) in [4.78, 5) is 0. The minimum Gasteiger partial charge on any atom is -0.271 e. The molecule has 0 aromatic heterocycles. The summed E-state index contributed by atoms with van der Waals surface area (Å²) in [5.41, 5.74) is 3.54. The molecule has 1 unspecified atom stereocenters. The summed E-state index contributed by atoms with van der Waals surface area (Å²) in [7, 11) is 0. The second-order valence-corrected chi connectivity index (χ2v) is 5.85. The maximum absolute atomic E-state index is 13.9. The summed E-state index contributed by atoms with van der Waals surface area (Å²) in [6.45, 7) is 0. The van der Waals surface area contributed by atoms with Crippen LogP contribution >= 0.6 is 11.6 Å². The number of nitrogens with two attached hydrogens (primary N) is 1. The molecular formula is C15H22ClFN2. The molecule has 1 atom stereocenters. The largest absolute Gasteiger partial charge is 0.271 e. The van der Waals surface area contributed by atoms with Crippen LogP contribution < -0.4 is 11.3 Å². The molecule has 0 heterocycles. The van der Waals surface area contributed by atoms with Crippen molar-refractivity contribution in [1.29, 1.82) is 0 Å². The number of benzene rings is 1. The molecule has 0 aliphatic heterocycles. The van der Waals surface area contributed by atoms with Crippen LogP contribution in [0.4, 0.5) is 4.39 Å². The predicted octanol–water partition coefficient (Wildman–Crippen LogP) is 3.82. The zero-order valence-electron chi connectivity index (χ0n) is 11.2. The Morgan fingerprint density at radius 1 is 1.26 bits per heavy atom. The van der Waals surface area contributed by atoms with Gasteiger partial charge in [-0.2, -0.15) is 0 Å². The van der Waals surface area contributed by atoms with Gasteiger partial charge >= 0.3 is 0 Å². The summed E-state index contributed by atoms with van der Waals surface area (Å²) >= 11 is 5.83. The van der Waals surface area contributed by atoms with Gasteiger partial charge in [0.05, 0.1) is 5.02 Å². The number of hydrogen-bond donors (Lipinski definition) is 2. The summed E-state index contributed by atoms with van der Waals surface area (Å²) in [5.74, 6) is 5.91. The van der Waals surface area contributed by atoms with Gasteiger partial charge in [0.1, 0.15) is 5.82 Å². The third-order valence-electron chi connectivity index (χ3n) is 4.15. The Hall–Kier alpha value is -0.640. The first kappa shape index (κ1) is 14.8. The molecule has 0 saturated heterocycles. The first-order valence-electron chi connectivity index (χ1n) is 7.11. The predicted molar refractivity (Wildman–Crippen MR) is 77.4 cm³/mol. The molecule has 2 nitrogen and oxygen atoms in total. The second-order valence-electron chi connectivity index (χ2n) is 5.44. The van der Waals surface area contributed by atoms with Crippen molar-refractivity contribution < 1.29 is 4.39 Å². The third-order valence-corrected chi connectivity index (χ3v) is 4.45. The van der Waals surface area contributed by atoms with Gasteiger partial charge in [-0.25, -0.2) is 4.39 Å². The number of rotatable bonds is 4. The minimum absolute atomic E-state index is 0.131. The van der Waals surface area contributed by atoms with Crippen LogP contribution in [0.2, 0.25) is 5.02 Å². The van der Waals surface area contributed by atoms with Gasteiger partial charge in [0, 0.05) is 6.04 Å². The fraction of sp³-hybridized carbons (Fsp3) is 0.600. The number of hydrogen-bond acceptors (Lipinski definition) is 2. The highest BCUT2D eigenvalue weighted by molar-refractivity contribution is 6.30. The quantitative estimate of drug-likeness (QED) is 0.501. The Bertz CT molecular complexity index is 403. The average Bonchev–Trinajstić information content (AvgIpc) is 2.69. The van der Waals surface area contributed by atoms with Crippen LogP contribution in [0.25, 0.3) is 0 Å². The molecule has 2 rings (SSSR count). The maximum atomic E-state index is 13.9. The van der Waals surface area contributed by atoms with E-state index in [1.165, 1.54) is 38.5 Å². The normalized spacial score (nSPS) is 19.1. The summed E-state index contributed by atoms with van der Waals surface area (Å²) in [6, 6.07) is 5.30. The molecule has 1 aliphatic carbocycles. The van der Waals surface area contributed by atoms with E-state index in [4.69, 9.17) is 17.4 Å². The van der Waals surface area contributed by atoms with E-state index in [-0.39, 0.29) is 16.9 Å². The Morgan fingerprint density at radius 3 is 2.58 bits per heavy atom. The topological polar surface area (TPSA) is 38.0 Å². The Balaban J connectivity index is 2.07. The Labute approximate surface area is 119 Å². The van der Waals surface area contributed by atoms with Gasteiger partial charge in [0.15, 0.2) is 0 Å². The molecule has 4 heteroatoms. The highest BCUT2D eigenvalue weighted by atomic mass is 35.5. The molecule has 1 aromatic rings. The van der Waals surface area contributed by atoms with E-state index in [9.17, 15) is 4.39 Å². The van der Waals surface area contributed by atoms with E-state index in [1.54, 1.807) is 18.2 Å². The molecule has 1 fully saturated rings. The Kier molecular flexibility index (Phi) is 5.61. The van der Waals surface area contributed by atoms with Crippen LogP contribution in [0.5, 0.6) is 0 Å². The van der Waals surface area contributed by atoms with Gasteiger partial charge in [-0.15, -0.1) is 0 Å². The standard InChI is InChI=1S/C15H22ClFN2/c16-13-9-5-8-12(15(13)17)10-14(19-18)11-6-3-1-2-4-7-11/h5,8-9,11,14,19H,1-4,6-7,10,18H2. The first-order valence-corrected chi connectivity index (χ1v) is 7.49. The van der Waals surface area contributed by atoms with Crippen molar-refractivity contribution in [1.82, 2.24) is 5.43 Å².